The van der Waals surface area contributed by atoms with E-state index in [9.17, 15) is 9.59 Å². The lowest BCUT2D eigenvalue weighted by Crippen LogP contribution is -2.34. The molecule has 2 unspecified atom stereocenters. The number of rotatable bonds is 5. The van der Waals surface area contributed by atoms with Crippen LogP contribution in [0.15, 0.2) is 80.6 Å². The Balaban J connectivity index is 1.39. The van der Waals surface area contributed by atoms with Crippen LogP contribution < -0.4 is 0 Å². The Bertz CT molecular complexity index is 1190. The van der Waals surface area contributed by atoms with Gasteiger partial charge in [0.15, 0.2) is 6.61 Å². The first-order valence-corrected chi connectivity index (χ1v) is 11.0. The summed E-state index contributed by atoms with van der Waals surface area (Å²) in [6.07, 6.45) is 7.91. The van der Waals surface area contributed by atoms with Gasteiger partial charge in [-0.05, 0) is 74.2 Å². The predicted molar refractivity (Wildman–Crippen MR) is 121 cm³/mol. The molecule has 0 saturated heterocycles. The van der Waals surface area contributed by atoms with Gasteiger partial charge in [-0.1, -0.05) is 17.7 Å². The molecule has 1 fully saturated rings. The number of ether oxygens (including phenoxy) is 1. The van der Waals surface area contributed by atoms with Crippen LogP contribution in [0.5, 0.6) is 0 Å². The number of esters is 1. The molecule has 1 aromatic carbocycles. The van der Waals surface area contributed by atoms with Gasteiger partial charge in [0, 0.05) is 5.92 Å². The Morgan fingerprint density at radius 1 is 1.12 bits per heavy atom. The van der Waals surface area contributed by atoms with Crippen LogP contribution in [-0.2, 0) is 9.53 Å². The minimum Gasteiger partial charge on any atom is -0.467 e. The molecule has 0 N–H and O–H groups in total. The van der Waals surface area contributed by atoms with Gasteiger partial charge in [-0.3, -0.25) is 4.79 Å². The molecule has 1 amide bonds. The smallest absolute Gasteiger partial charge is 0.338 e. The number of hydrogen-bond donors (Lipinski definition) is 0. The highest BCUT2D eigenvalue weighted by Gasteiger charge is 2.45. The fraction of sp³-hybridized carbons (Fsp3) is 0.269. The summed E-state index contributed by atoms with van der Waals surface area (Å²) in [4.78, 5) is 25.6. The third-order valence-corrected chi connectivity index (χ3v) is 6.07. The molecule has 0 radical (unpaired) electrons. The fourth-order valence-electron chi connectivity index (χ4n) is 4.46. The van der Waals surface area contributed by atoms with E-state index in [0.29, 0.717) is 11.3 Å². The third-order valence-electron chi connectivity index (χ3n) is 6.07. The van der Waals surface area contributed by atoms with Gasteiger partial charge in [0.1, 0.15) is 17.6 Å². The highest BCUT2D eigenvalue weighted by atomic mass is 16.5. The summed E-state index contributed by atoms with van der Waals surface area (Å²) in [5, 5.41) is 6.13. The quantitative estimate of drug-likeness (QED) is 0.508. The molecule has 33 heavy (non-hydrogen) atoms. The lowest BCUT2D eigenvalue weighted by atomic mass is 9.79. The number of aryl methyl sites for hydroxylation is 1. The number of amides is 1. The lowest BCUT2D eigenvalue weighted by molar-refractivity contribution is -0.137. The van der Waals surface area contributed by atoms with Crippen LogP contribution in [-0.4, -0.2) is 29.2 Å². The van der Waals surface area contributed by atoms with E-state index in [1.54, 1.807) is 30.7 Å². The number of carbonyl (C=O) groups is 2. The zero-order chi connectivity index (χ0) is 22.8. The second-order valence-electron chi connectivity index (χ2n) is 8.31. The summed E-state index contributed by atoms with van der Waals surface area (Å²) >= 11 is 0. The highest BCUT2D eigenvalue weighted by molar-refractivity contribution is 6.08. The van der Waals surface area contributed by atoms with E-state index in [-0.39, 0.29) is 12.0 Å². The standard InChI is InChI=1S/C26H24N2O5/c1-17-9-11-18(12-10-17)26(30)33-16-23(29)28-25(22-8-4-14-32-22)21-7-2-5-19(24(21)27-28)15-20-6-3-13-31-20/h3-4,6,8-15,21,25H,2,5,7,16H2,1H3. The maximum absolute atomic E-state index is 13.2. The van der Waals surface area contributed by atoms with Crippen molar-refractivity contribution in [3.63, 3.8) is 0 Å². The third kappa shape index (κ3) is 4.26. The van der Waals surface area contributed by atoms with Crippen LogP contribution >= 0.6 is 0 Å². The molecule has 7 nitrogen and oxygen atoms in total. The molecule has 7 heteroatoms. The molecule has 3 heterocycles. The average Bonchev–Trinajstić information content (AvgIpc) is 3.58. The largest absolute Gasteiger partial charge is 0.467 e. The Morgan fingerprint density at radius 3 is 2.64 bits per heavy atom. The molecular weight excluding hydrogens is 420 g/mol. The van der Waals surface area contributed by atoms with Crippen LogP contribution in [0.4, 0.5) is 0 Å². The number of nitrogens with zero attached hydrogens (tertiary/aromatic N) is 2. The molecule has 3 aromatic rings. The van der Waals surface area contributed by atoms with Crippen molar-refractivity contribution < 1.29 is 23.2 Å². The maximum Gasteiger partial charge on any atom is 0.338 e. The van der Waals surface area contributed by atoms with Gasteiger partial charge >= 0.3 is 5.97 Å². The van der Waals surface area contributed by atoms with Crippen LogP contribution in [0.1, 0.15) is 52.7 Å². The minimum absolute atomic E-state index is 0.00265. The van der Waals surface area contributed by atoms with Crippen molar-refractivity contribution in [1.29, 1.82) is 0 Å². The second-order valence-corrected chi connectivity index (χ2v) is 8.31. The van der Waals surface area contributed by atoms with Crippen LogP contribution in [0.3, 0.4) is 0 Å². The van der Waals surface area contributed by atoms with E-state index in [1.807, 2.05) is 43.3 Å². The average molecular weight is 444 g/mol. The summed E-state index contributed by atoms with van der Waals surface area (Å²) in [6.45, 7) is 1.54. The molecule has 2 aliphatic rings. The lowest BCUT2D eigenvalue weighted by Gasteiger charge is -2.27. The number of carbonyl (C=O) groups excluding carboxylic acids is 2. The molecule has 0 bridgehead atoms. The van der Waals surface area contributed by atoms with Crippen LogP contribution in [0.25, 0.3) is 6.08 Å². The normalized spacial score (nSPS) is 21.1. The molecule has 1 aliphatic heterocycles. The predicted octanol–water partition coefficient (Wildman–Crippen LogP) is 5.16. The van der Waals surface area contributed by atoms with Crippen molar-refractivity contribution in [2.24, 2.45) is 11.0 Å². The van der Waals surface area contributed by atoms with Crippen molar-refractivity contribution in [3.05, 3.63) is 89.3 Å². The number of hydrogen-bond acceptors (Lipinski definition) is 6. The number of allylic oxidation sites excluding steroid dienone is 1. The molecule has 0 spiro atoms. The van der Waals surface area contributed by atoms with E-state index >= 15 is 0 Å². The number of fused-ring (bicyclic) bond motifs is 1. The zero-order valence-electron chi connectivity index (χ0n) is 18.3. The van der Waals surface area contributed by atoms with E-state index in [2.05, 4.69) is 0 Å². The van der Waals surface area contributed by atoms with Crippen molar-refractivity contribution in [3.8, 4) is 0 Å². The Kier molecular flexibility index (Phi) is 5.69. The molecule has 168 valence electrons. The molecule has 2 aromatic heterocycles. The summed E-state index contributed by atoms with van der Waals surface area (Å²) in [7, 11) is 0. The van der Waals surface area contributed by atoms with Gasteiger partial charge in [0.25, 0.3) is 5.91 Å². The Hall–Kier alpha value is -3.87. The van der Waals surface area contributed by atoms with Gasteiger partial charge < -0.3 is 13.6 Å². The van der Waals surface area contributed by atoms with Crippen LogP contribution in [0.2, 0.25) is 0 Å². The fourth-order valence-corrected chi connectivity index (χ4v) is 4.46. The molecule has 5 rings (SSSR count). The van der Waals surface area contributed by atoms with Crippen LogP contribution in [0, 0.1) is 12.8 Å². The molecule has 1 aliphatic carbocycles. The van der Waals surface area contributed by atoms with E-state index in [0.717, 1.165) is 41.9 Å². The summed E-state index contributed by atoms with van der Waals surface area (Å²) < 4.78 is 16.5. The Labute approximate surface area is 191 Å². The first-order valence-electron chi connectivity index (χ1n) is 11.0. The van der Waals surface area contributed by atoms with E-state index in [4.69, 9.17) is 18.7 Å². The van der Waals surface area contributed by atoms with E-state index in [1.165, 1.54) is 5.01 Å². The molecule has 1 saturated carbocycles. The number of furan rings is 2. The number of benzene rings is 1. The maximum atomic E-state index is 13.2. The Morgan fingerprint density at radius 2 is 1.91 bits per heavy atom. The second kappa shape index (κ2) is 8.94. The van der Waals surface area contributed by atoms with Gasteiger partial charge in [-0.25, -0.2) is 9.80 Å². The first-order chi connectivity index (χ1) is 16.1. The van der Waals surface area contributed by atoms with Crippen molar-refractivity contribution >= 4 is 23.7 Å². The van der Waals surface area contributed by atoms with Crippen molar-refractivity contribution in [2.75, 3.05) is 6.61 Å². The summed E-state index contributed by atoms with van der Waals surface area (Å²) in [5.74, 6) is 0.482. The summed E-state index contributed by atoms with van der Waals surface area (Å²) in [6, 6.07) is 14.0. The number of hydrazone groups is 1. The zero-order valence-corrected chi connectivity index (χ0v) is 18.3. The van der Waals surface area contributed by atoms with Gasteiger partial charge in [-0.2, -0.15) is 5.10 Å². The van der Waals surface area contributed by atoms with Gasteiger partial charge in [-0.15, -0.1) is 0 Å². The van der Waals surface area contributed by atoms with Gasteiger partial charge in [0.2, 0.25) is 0 Å². The SMILES string of the molecule is Cc1ccc(C(=O)OCC(=O)N2N=C3C(=Cc4ccco4)CCCC3C2c2ccco2)cc1. The van der Waals surface area contributed by atoms with E-state index < -0.39 is 18.5 Å². The molecular formula is C26H24N2O5. The van der Waals surface area contributed by atoms with Gasteiger partial charge in [0.05, 0.1) is 23.8 Å². The summed E-state index contributed by atoms with van der Waals surface area (Å²) in [5.41, 5.74) is 3.35. The monoisotopic (exact) mass is 444 g/mol. The van der Waals surface area contributed by atoms with Crippen molar-refractivity contribution in [1.82, 2.24) is 5.01 Å². The highest BCUT2D eigenvalue weighted by Crippen LogP contribution is 2.44. The minimum atomic E-state index is -0.541. The molecule has 2 atom stereocenters. The first kappa shape index (κ1) is 21.0. The topological polar surface area (TPSA) is 85.3 Å². The van der Waals surface area contributed by atoms with Crippen molar-refractivity contribution in [2.45, 2.75) is 32.2 Å².